The Morgan fingerprint density at radius 3 is 2.59 bits per heavy atom. The summed E-state index contributed by atoms with van der Waals surface area (Å²) in [7, 11) is 0. The molecule has 2 rings (SSSR count). The van der Waals surface area contributed by atoms with Crippen LogP contribution in [0.1, 0.15) is 23.3 Å². The number of benzene rings is 1. The molecule has 1 aromatic heterocycles. The van der Waals surface area contributed by atoms with Gasteiger partial charge >= 0.3 is 5.97 Å². The summed E-state index contributed by atoms with van der Waals surface area (Å²) < 4.78 is 0. The Kier molecular flexibility index (Phi) is 5.07. The Morgan fingerprint density at radius 1 is 1.09 bits per heavy atom. The molecule has 2 aromatic rings. The molecule has 0 aliphatic heterocycles. The SMILES string of the molecule is O=C(O)CCNC(=O)CCNC(=O)c1n[nH]c2ccccc12. The van der Waals surface area contributed by atoms with Gasteiger partial charge in [-0.1, -0.05) is 18.2 Å². The largest absolute Gasteiger partial charge is 0.481 e. The number of nitrogens with zero attached hydrogens (tertiary/aromatic N) is 1. The van der Waals surface area contributed by atoms with E-state index in [0.29, 0.717) is 5.39 Å². The fourth-order valence-electron chi connectivity index (χ4n) is 1.91. The number of aliphatic carboxylic acids is 1. The highest BCUT2D eigenvalue weighted by Crippen LogP contribution is 2.14. The third kappa shape index (κ3) is 4.05. The zero-order chi connectivity index (χ0) is 15.9. The lowest BCUT2D eigenvalue weighted by atomic mass is 10.2. The molecule has 2 amide bonds. The van der Waals surface area contributed by atoms with Gasteiger partial charge in [-0.15, -0.1) is 0 Å². The van der Waals surface area contributed by atoms with E-state index in [9.17, 15) is 14.4 Å². The molecule has 22 heavy (non-hydrogen) atoms. The van der Waals surface area contributed by atoms with Crippen LogP contribution in [0.3, 0.4) is 0 Å². The number of rotatable bonds is 7. The van der Waals surface area contributed by atoms with Crippen molar-refractivity contribution in [3.8, 4) is 0 Å². The number of nitrogens with one attached hydrogen (secondary N) is 3. The number of aromatic nitrogens is 2. The molecule has 8 heteroatoms. The molecular formula is C14H16N4O4. The number of hydrogen-bond donors (Lipinski definition) is 4. The second kappa shape index (κ2) is 7.21. The van der Waals surface area contributed by atoms with Crippen LogP contribution in [0.4, 0.5) is 0 Å². The van der Waals surface area contributed by atoms with Crippen LogP contribution in [0.2, 0.25) is 0 Å². The lowest BCUT2D eigenvalue weighted by Gasteiger charge is -2.05. The van der Waals surface area contributed by atoms with Crippen LogP contribution in [-0.4, -0.2) is 46.2 Å². The molecule has 4 N–H and O–H groups in total. The van der Waals surface area contributed by atoms with Gasteiger partial charge in [0.2, 0.25) is 5.91 Å². The van der Waals surface area contributed by atoms with Crippen molar-refractivity contribution in [2.24, 2.45) is 0 Å². The number of carboxylic acids is 1. The monoisotopic (exact) mass is 304 g/mol. The molecular weight excluding hydrogens is 288 g/mol. The first-order valence-corrected chi connectivity index (χ1v) is 6.77. The first-order valence-electron chi connectivity index (χ1n) is 6.77. The number of aromatic amines is 1. The topological polar surface area (TPSA) is 124 Å². The maximum absolute atomic E-state index is 12.0. The van der Waals surface area contributed by atoms with Crippen molar-refractivity contribution in [2.75, 3.05) is 13.1 Å². The summed E-state index contributed by atoms with van der Waals surface area (Å²) in [4.78, 5) is 33.7. The Labute approximate surface area is 125 Å². The van der Waals surface area contributed by atoms with Crippen molar-refractivity contribution in [1.29, 1.82) is 0 Å². The Hall–Kier alpha value is -2.90. The van der Waals surface area contributed by atoms with E-state index in [1.807, 2.05) is 18.2 Å². The normalized spacial score (nSPS) is 10.4. The number of fused-ring (bicyclic) bond motifs is 1. The van der Waals surface area contributed by atoms with E-state index in [1.54, 1.807) is 6.07 Å². The second-order valence-electron chi connectivity index (χ2n) is 4.62. The molecule has 8 nitrogen and oxygen atoms in total. The molecule has 1 aromatic carbocycles. The van der Waals surface area contributed by atoms with E-state index >= 15 is 0 Å². The molecule has 0 bridgehead atoms. The molecule has 0 unspecified atom stereocenters. The maximum atomic E-state index is 12.0. The molecule has 0 aliphatic carbocycles. The number of carboxylic acid groups (broad SMARTS) is 1. The summed E-state index contributed by atoms with van der Waals surface area (Å²) in [5, 5.41) is 21.0. The van der Waals surface area contributed by atoms with Crippen LogP contribution in [0, 0.1) is 0 Å². The zero-order valence-corrected chi connectivity index (χ0v) is 11.8. The van der Waals surface area contributed by atoms with Gasteiger partial charge in [-0.2, -0.15) is 5.10 Å². The van der Waals surface area contributed by atoms with Gasteiger partial charge in [0.15, 0.2) is 5.69 Å². The number of carbonyl (C=O) groups excluding carboxylic acids is 2. The molecule has 1 heterocycles. The lowest BCUT2D eigenvalue weighted by molar-refractivity contribution is -0.136. The first-order chi connectivity index (χ1) is 10.6. The van der Waals surface area contributed by atoms with E-state index in [0.717, 1.165) is 5.52 Å². The maximum Gasteiger partial charge on any atom is 0.305 e. The summed E-state index contributed by atoms with van der Waals surface area (Å²) in [6.07, 6.45) is -0.0505. The third-order valence-electron chi connectivity index (χ3n) is 2.98. The number of hydrogen-bond acceptors (Lipinski definition) is 4. The fourth-order valence-corrected chi connectivity index (χ4v) is 1.91. The third-order valence-corrected chi connectivity index (χ3v) is 2.98. The van der Waals surface area contributed by atoms with Crippen molar-refractivity contribution in [3.05, 3.63) is 30.0 Å². The van der Waals surface area contributed by atoms with Gasteiger partial charge < -0.3 is 15.7 Å². The van der Waals surface area contributed by atoms with Gasteiger partial charge in [-0.25, -0.2) is 0 Å². The number of carbonyl (C=O) groups is 3. The molecule has 116 valence electrons. The quantitative estimate of drug-likeness (QED) is 0.584. The summed E-state index contributed by atoms with van der Waals surface area (Å²) >= 11 is 0. The molecule has 0 saturated carbocycles. The van der Waals surface area contributed by atoms with Crippen LogP contribution >= 0.6 is 0 Å². The van der Waals surface area contributed by atoms with Crippen LogP contribution in [0.15, 0.2) is 24.3 Å². The van der Waals surface area contributed by atoms with E-state index in [1.165, 1.54) is 0 Å². The average molecular weight is 304 g/mol. The van der Waals surface area contributed by atoms with Crippen LogP contribution < -0.4 is 10.6 Å². The molecule has 0 atom stereocenters. The van der Waals surface area contributed by atoms with Gasteiger partial charge in [-0.05, 0) is 6.07 Å². The van der Waals surface area contributed by atoms with Gasteiger partial charge in [0.25, 0.3) is 5.91 Å². The Morgan fingerprint density at radius 2 is 1.82 bits per heavy atom. The van der Waals surface area contributed by atoms with Gasteiger partial charge in [-0.3, -0.25) is 19.5 Å². The van der Waals surface area contributed by atoms with Gasteiger partial charge in [0.05, 0.1) is 11.9 Å². The summed E-state index contributed by atoms with van der Waals surface area (Å²) in [5.41, 5.74) is 1.04. The van der Waals surface area contributed by atoms with Crippen molar-refractivity contribution >= 4 is 28.7 Å². The molecule has 0 fully saturated rings. The highest BCUT2D eigenvalue weighted by molar-refractivity contribution is 6.04. The summed E-state index contributed by atoms with van der Waals surface area (Å²) in [5.74, 6) is -1.65. The lowest BCUT2D eigenvalue weighted by Crippen LogP contribution is -2.31. The highest BCUT2D eigenvalue weighted by atomic mass is 16.4. The predicted octanol–water partition coefficient (Wildman–Crippen LogP) is 0.274. The highest BCUT2D eigenvalue weighted by Gasteiger charge is 2.13. The Bertz CT molecular complexity index is 695. The van der Waals surface area contributed by atoms with Crippen molar-refractivity contribution in [2.45, 2.75) is 12.8 Å². The zero-order valence-electron chi connectivity index (χ0n) is 11.8. The smallest absolute Gasteiger partial charge is 0.305 e. The van der Waals surface area contributed by atoms with E-state index in [4.69, 9.17) is 5.11 Å². The number of H-pyrrole nitrogens is 1. The average Bonchev–Trinajstić information content (AvgIpc) is 2.90. The minimum Gasteiger partial charge on any atom is -0.481 e. The van der Waals surface area contributed by atoms with E-state index in [-0.39, 0.29) is 43.4 Å². The van der Waals surface area contributed by atoms with E-state index in [2.05, 4.69) is 20.8 Å². The minimum absolute atomic E-state index is 0.0755. The second-order valence-corrected chi connectivity index (χ2v) is 4.62. The first kappa shape index (κ1) is 15.5. The summed E-state index contributed by atoms with van der Waals surface area (Å²) in [6.45, 7) is 0.227. The van der Waals surface area contributed by atoms with Crippen molar-refractivity contribution < 1.29 is 19.5 Å². The molecule has 0 spiro atoms. The Balaban J connectivity index is 1.78. The van der Waals surface area contributed by atoms with Crippen molar-refractivity contribution in [1.82, 2.24) is 20.8 Å². The van der Waals surface area contributed by atoms with E-state index < -0.39 is 5.97 Å². The molecule has 0 saturated heterocycles. The van der Waals surface area contributed by atoms with Crippen LogP contribution in [0.25, 0.3) is 10.9 Å². The summed E-state index contributed by atoms with van der Waals surface area (Å²) in [6, 6.07) is 7.25. The van der Waals surface area contributed by atoms with Crippen LogP contribution in [-0.2, 0) is 9.59 Å². The van der Waals surface area contributed by atoms with Gasteiger partial charge in [0, 0.05) is 24.9 Å². The number of amides is 2. The number of para-hydroxylation sites is 1. The fraction of sp³-hybridized carbons (Fsp3) is 0.286. The molecule has 0 radical (unpaired) electrons. The minimum atomic E-state index is -0.973. The van der Waals surface area contributed by atoms with Crippen LogP contribution in [0.5, 0.6) is 0 Å². The standard InChI is InChI=1S/C14H16N4O4/c19-11(15-8-6-12(20)21)5-7-16-14(22)13-9-3-1-2-4-10(9)17-18-13/h1-4H,5-8H2,(H,15,19)(H,16,22)(H,17,18)(H,20,21). The van der Waals surface area contributed by atoms with Gasteiger partial charge in [0.1, 0.15) is 0 Å². The molecule has 0 aliphatic rings. The van der Waals surface area contributed by atoms with Crippen molar-refractivity contribution in [3.63, 3.8) is 0 Å². The predicted molar refractivity (Wildman–Crippen MR) is 78.3 cm³/mol.